The topological polar surface area (TPSA) is 0 Å². The Hall–Kier alpha value is -2.34. The summed E-state index contributed by atoms with van der Waals surface area (Å²) >= 11 is 0. The van der Waals surface area contributed by atoms with E-state index in [2.05, 4.69) is 87.5 Å². The average Bonchev–Trinajstić information content (AvgIpc) is 2.50. The summed E-state index contributed by atoms with van der Waals surface area (Å²) in [5.41, 5.74) is 9.20. The van der Waals surface area contributed by atoms with Crippen LogP contribution < -0.4 is 0 Å². The van der Waals surface area contributed by atoms with E-state index in [0.29, 0.717) is 0 Å². The molecule has 104 valence electrons. The van der Waals surface area contributed by atoms with Gasteiger partial charge in [0.15, 0.2) is 0 Å². The fraction of sp³-hybridized carbons (Fsp3) is 0.143. The number of rotatable bonds is 2. The van der Waals surface area contributed by atoms with Crippen molar-refractivity contribution in [3.63, 3.8) is 0 Å². The molecule has 0 heteroatoms. The van der Waals surface area contributed by atoms with E-state index < -0.39 is 0 Å². The SMILES string of the molecule is Cc1ccc(C)c(-c2ccccc2-c2ccccc2C)c1. The highest BCUT2D eigenvalue weighted by Gasteiger charge is 2.10. The Balaban J connectivity index is 2.26. The van der Waals surface area contributed by atoms with Crippen molar-refractivity contribution in [3.8, 4) is 22.3 Å². The maximum Gasteiger partial charge on any atom is -0.0103 e. The zero-order valence-electron chi connectivity index (χ0n) is 12.9. The fourth-order valence-electron chi connectivity index (χ4n) is 2.85. The molecule has 0 aliphatic rings. The first-order valence-electron chi connectivity index (χ1n) is 7.39. The van der Waals surface area contributed by atoms with Gasteiger partial charge >= 0.3 is 0 Å². The van der Waals surface area contributed by atoms with Crippen LogP contribution in [0.1, 0.15) is 16.7 Å². The quantitative estimate of drug-likeness (QED) is 0.541. The molecule has 0 aliphatic heterocycles. The Morgan fingerprint density at radius 1 is 0.476 bits per heavy atom. The van der Waals surface area contributed by atoms with Crippen molar-refractivity contribution in [2.45, 2.75) is 20.8 Å². The molecule has 0 unspecified atom stereocenters. The third kappa shape index (κ3) is 2.62. The van der Waals surface area contributed by atoms with E-state index in [0.717, 1.165) is 0 Å². The highest BCUT2D eigenvalue weighted by molar-refractivity contribution is 5.86. The molecule has 0 saturated heterocycles. The minimum atomic E-state index is 1.30. The van der Waals surface area contributed by atoms with Gasteiger partial charge in [-0.05, 0) is 54.2 Å². The Labute approximate surface area is 127 Å². The van der Waals surface area contributed by atoms with Gasteiger partial charge in [-0.15, -0.1) is 0 Å². The predicted molar refractivity (Wildman–Crippen MR) is 91.5 cm³/mol. The second-order valence-electron chi connectivity index (χ2n) is 5.68. The lowest BCUT2D eigenvalue weighted by atomic mass is 9.90. The van der Waals surface area contributed by atoms with Crippen LogP contribution in [0, 0.1) is 20.8 Å². The van der Waals surface area contributed by atoms with Gasteiger partial charge in [0, 0.05) is 0 Å². The van der Waals surface area contributed by atoms with Crippen LogP contribution in [0.3, 0.4) is 0 Å². The molecule has 0 nitrogen and oxygen atoms in total. The number of hydrogen-bond acceptors (Lipinski definition) is 0. The Morgan fingerprint density at radius 2 is 1.00 bits per heavy atom. The summed E-state index contributed by atoms with van der Waals surface area (Å²) in [6.45, 7) is 6.51. The summed E-state index contributed by atoms with van der Waals surface area (Å²) in [7, 11) is 0. The van der Waals surface area contributed by atoms with E-state index in [-0.39, 0.29) is 0 Å². The molecular formula is C21H20. The molecule has 0 amide bonds. The van der Waals surface area contributed by atoms with Crippen molar-refractivity contribution in [3.05, 3.63) is 83.4 Å². The van der Waals surface area contributed by atoms with Crippen LogP contribution in [-0.2, 0) is 0 Å². The van der Waals surface area contributed by atoms with Crippen molar-refractivity contribution in [2.75, 3.05) is 0 Å². The summed E-state index contributed by atoms with van der Waals surface area (Å²) in [5, 5.41) is 0. The van der Waals surface area contributed by atoms with Gasteiger partial charge in [-0.1, -0.05) is 72.3 Å². The van der Waals surface area contributed by atoms with Gasteiger partial charge in [0.05, 0.1) is 0 Å². The second kappa shape index (κ2) is 5.57. The van der Waals surface area contributed by atoms with E-state index in [1.807, 2.05) is 0 Å². The van der Waals surface area contributed by atoms with Crippen LogP contribution in [0.5, 0.6) is 0 Å². The van der Waals surface area contributed by atoms with E-state index >= 15 is 0 Å². The third-order valence-corrected chi connectivity index (χ3v) is 4.05. The molecular weight excluding hydrogens is 252 g/mol. The van der Waals surface area contributed by atoms with Gasteiger partial charge in [-0.25, -0.2) is 0 Å². The van der Waals surface area contributed by atoms with Crippen molar-refractivity contribution >= 4 is 0 Å². The van der Waals surface area contributed by atoms with Gasteiger partial charge < -0.3 is 0 Å². The third-order valence-electron chi connectivity index (χ3n) is 4.05. The minimum Gasteiger partial charge on any atom is -0.0620 e. The maximum absolute atomic E-state index is 2.28. The summed E-state index contributed by atoms with van der Waals surface area (Å²) in [5.74, 6) is 0. The van der Waals surface area contributed by atoms with Crippen LogP contribution in [0.25, 0.3) is 22.3 Å². The molecule has 0 spiro atoms. The Morgan fingerprint density at radius 3 is 1.67 bits per heavy atom. The van der Waals surface area contributed by atoms with Crippen molar-refractivity contribution in [1.82, 2.24) is 0 Å². The molecule has 0 radical (unpaired) electrons. The standard InChI is InChI=1S/C21H20/c1-15-12-13-17(3)21(14-15)20-11-7-6-10-19(20)18-9-5-4-8-16(18)2/h4-14H,1-3H3. The molecule has 0 fully saturated rings. The lowest BCUT2D eigenvalue weighted by Crippen LogP contribution is -1.90. The monoisotopic (exact) mass is 272 g/mol. The summed E-state index contributed by atoms with van der Waals surface area (Å²) in [6, 6.07) is 24.0. The fourth-order valence-corrected chi connectivity index (χ4v) is 2.85. The molecule has 3 rings (SSSR count). The van der Waals surface area contributed by atoms with Crippen LogP contribution in [0.4, 0.5) is 0 Å². The van der Waals surface area contributed by atoms with Crippen molar-refractivity contribution in [1.29, 1.82) is 0 Å². The van der Waals surface area contributed by atoms with E-state index in [4.69, 9.17) is 0 Å². The molecule has 0 N–H and O–H groups in total. The van der Waals surface area contributed by atoms with Crippen LogP contribution in [-0.4, -0.2) is 0 Å². The summed E-state index contributed by atoms with van der Waals surface area (Å²) in [4.78, 5) is 0. The van der Waals surface area contributed by atoms with E-state index in [9.17, 15) is 0 Å². The molecule has 0 bridgehead atoms. The number of hydrogen-bond donors (Lipinski definition) is 0. The van der Waals surface area contributed by atoms with Gasteiger partial charge in [-0.2, -0.15) is 0 Å². The average molecular weight is 272 g/mol. The van der Waals surface area contributed by atoms with E-state index in [1.54, 1.807) is 0 Å². The smallest absolute Gasteiger partial charge is 0.0103 e. The van der Waals surface area contributed by atoms with Gasteiger partial charge in [0.2, 0.25) is 0 Å². The van der Waals surface area contributed by atoms with Gasteiger partial charge in [-0.3, -0.25) is 0 Å². The van der Waals surface area contributed by atoms with Crippen LogP contribution >= 0.6 is 0 Å². The molecule has 0 aromatic heterocycles. The molecule has 0 aliphatic carbocycles. The Bertz CT molecular complexity index is 782. The first-order valence-corrected chi connectivity index (χ1v) is 7.39. The lowest BCUT2D eigenvalue weighted by molar-refractivity contribution is 1.39. The zero-order chi connectivity index (χ0) is 14.8. The van der Waals surface area contributed by atoms with E-state index in [1.165, 1.54) is 38.9 Å². The lowest BCUT2D eigenvalue weighted by Gasteiger charge is -2.14. The van der Waals surface area contributed by atoms with Crippen molar-refractivity contribution in [2.24, 2.45) is 0 Å². The van der Waals surface area contributed by atoms with Gasteiger partial charge in [0.25, 0.3) is 0 Å². The Kier molecular flexibility index (Phi) is 3.62. The highest BCUT2D eigenvalue weighted by Crippen LogP contribution is 2.35. The molecule has 3 aromatic rings. The van der Waals surface area contributed by atoms with Crippen LogP contribution in [0.2, 0.25) is 0 Å². The zero-order valence-corrected chi connectivity index (χ0v) is 12.9. The summed E-state index contributed by atoms with van der Waals surface area (Å²) in [6.07, 6.45) is 0. The molecule has 21 heavy (non-hydrogen) atoms. The maximum atomic E-state index is 2.28. The normalized spacial score (nSPS) is 10.6. The number of benzene rings is 3. The minimum absolute atomic E-state index is 1.30. The molecule has 0 atom stereocenters. The van der Waals surface area contributed by atoms with Gasteiger partial charge in [0.1, 0.15) is 0 Å². The molecule has 0 saturated carbocycles. The highest BCUT2D eigenvalue weighted by atomic mass is 14.1. The number of aryl methyl sites for hydroxylation is 3. The van der Waals surface area contributed by atoms with Crippen LogP contribution in [0.15, 0.2) is 66.7 Å². The molecule has 3 aromatic carbocycles. The summed E-state index contributed by atoms with van der Waals surface area (Å²) < 4.78 is 0. The second-order valence-corrected chi connectivity index (χ2v) is 5.68. The first kappa shape index (κ1) is 13.6. The predicted octanol–water partition coefficient (Wildman–Crippen LogP) is 5.95. The largest absolute Gasteiger partial charge is 0.0620 e. The molecule has 0 heterocycles. The van der Waals surface area contributed by atoms with Crippen molar-refractivity contribution < 1.29 is 0 Å². The first-order chi connectivity index (χ1) is 10.2.